The van der Waals surface area contributed by atoms with Crippen molar-refractivity contribution in [3.05, 3.63) is 77.3 Å². The zero-order valence-corrected chi connectivity index (χ0v) is 21.4. The van der Waals surface area contributed by atoms with Gasteiger partial charge in [-0.25, -0.2) is 15.0 Å². The van der Waals surface area contributed by atoms with Crippen molar-refractivity contribution >= 4 is 34.5 Å². The third kappa shape index (κ3) is 5.27. The fourth-order valence-corrected chi connectivity index (χ4v) is 4.59. The predicted octanol–water partition coefficient (Wildman–Crippen LogP) is 2.04. The molecule has 38 heavy (non-hydrogen) atoms. The summed E-state index contributed by atoms with van der Waals surface area (Å²) in [7, 11) is 1.48. The molecular weight excluding hydrogens is 510 g/mol. The zero-order chi connectivity index (χ0) is 26.6. The number of fused-ring (bicyclic) bond motifs is 1. The summed E-state index contributed by atoms with van der Waals surface area (Å²) in [4.78, 5) is 25.2. The molecule has 198 valence electrons. The second-order valence-electron chi connectivity index (χ2n) is 8.87. The molecule has 0 aliphatic carbocycles. The molecule has 0 bridgehead atoms. The number of benzene rings is 2. The lowest BCUT2D eigenvalue weighted by atomic mass is 10.1. The van der Waals surface area contributed by atoms with Gasteiger partial charge in [-0.2, -0.15) is 0 Å². The number of nitrogens with zero attached hydrogens (tertiary/aromatic N) is 4. The van der Waals surface area contributed by atoms with E-state index in [2.05, 4.69) is 37.7 Å². The number of likely N-dealkylation sites (N-methyl/N-ethyl adjacent to an activating group) is 1. The molecule has 1 aliphatic heterocycles. The number of halogens is 1. The van der Waals surface area contributed by atoms with Crippen LogP contribution in [-0.2, 0) is 22.5 Å². The van der Waals surface area contributed by atoms with Gasteiger partial charge in [-0.15, -0.1) is 0 Å². The summed E-state index contributed by atoms with van der Waals surface area (Å²) in [6, 6.07) is 14.7. The van der Waals surface area contributed by atoms with Gasteiger partial charge in [0, 0.05) is 30.6 Å². The maximum atomic E-state index is 12.1. The number of hydrogen-bond donors (Lipinski definition) is 4. The summed E-state index contributed by atoms with van der Waals surface area (Å²) in [5.41, 5.74) is 8.97. The first-order valence-corrected chi connectivity index (χ1v) is 12.5. The highest BCUT2D eigenvalue weighted by atomic mass is 35.5. The number of amides is 1. The molecule has 5 rings (SSSR count). The van der Waals surface area contributed by atoms with Gasteiger partial charge in [0.05, 0.1) is 19.0 Å². The van der Waals surface area contributed by atoms with Gasteiger partial charge in [0.2, 0.25) is 0 Å². The third-order valence-electron chi connectivity index (χ3n) is 6.42. The molecule has 3 heterocycles. The molecule has 2 aromatic carbocycles. The summed E-state index contributed by atoms with van der Waals surface area (Å²) in [6.45, 7) is 0.885. The predicted molar refractivity (Wildman–Crippen MR) is 142 cm³/mol. The number of anilines is 1. The van der Waals surface area contributed by atoms with Crippen LogP contribution in [0.5, 0.6) is 5.75 Å². The van der Waals surface area contributed by atoms with Gasteiger partial charge in [-0.1, -0.05) is 41.9 Å². The number of imidazole rings is 1. The van der Waals surface area contributed by atoms with Crippen LogP contribution in [0.1, 0.15) is 17.4 Å². The molecule has 1 amide bonds. The number of rotatable bonds is 9. The highest BCUT2D eigenvalue weighted by Crippen LogP contribution is 2.32. The normalized spacial score (nSPS) is 20.9. The van der Waals surface area contributed by atoms with Gasteiger partial charge in [0.25, 0.3) is 5.91 Å². The van der Waals surface area contributed by atoms with E-state index in [1.807, 2.05) is 30.3 Å². The number of aromatic nitrogens is 4. The van der Waals surface area contributed by atoms with Crippen molar-refractivity contribution in [2.75, 3.05) is 19.0 Å². The summed E-state index contributed by atoms with van der Waals surface area (Å²) in [5, 5.41) is 17.0. The van der Waals surface area contributed by atoms with Crippen LogP contribution in [0.2, 0.25) is 5.02 Å². The van der Waals surface area contributed by atoms with E-state index in [0.29, 0.717) is 40.9 Å². The van der Waals surface area contributed by atoms with Crippen LogP contribution >= 0.6 is 11.6 Å². The van der Waals surface area contributed by atoms with Crippen LogP contribution in [0.15, 0.2) is 61.2 Å². The van der Waals surface area contributed by atoms with Gasteiger partial charge in [0.15, 0.2) is 29.3 Å². The first-order chi connectivity index (χ1) is 18.5. The van der Waals surface area contributed by atoms with Crippen LogP contribution in [-0.4, -0.2) is 62.4 Å². The molecule has 0 radical (unpaired) electrons. The monoisotopic (exact) mass is 537 g/mol. The van der Waals surface area contributed by atoms with Gasteiger partial charge < -0.3 is 30.9 Å². The van der Waals surface area contributed by atoms with Crippen LogP contribution in [0.25, 0.3) is 11.2 Å². The van der Waals surface area contributed by atoms with Crippen molar-refractivity contribution in [3.8, 4) is 5.75 Å². The SMILES string of the molecule is CNC(=O)[C@H]1O[C@@H](n2cnc3c(NCc4cc(Cl)ccc4OCCc4ccccc4)ncnc32)[C@H](O)[C@@H]1N. The van der Waals surface area contributed by atoms with E-state index in [-0.39, 0.29) is 0 Å². The van der Waals surface area contributed by atoms with Crippen molar-refractivity contribution in [2.24, 2.45) is 5.73 Å². The van der Waals surface area contributed by atoms with E-state index in [9.17, 15) is 9.90 Å². The van der Waals surface area contributed by atoms with Crippen LogP contribution < -0.4 is 21.1 Å². The second kappa shape index (κ2) is 11.3. The summed E-state index contributed by atoms with van der Waals surface area (Å²) in [6.07, 6.45) is 0.574. The van der Waals surface area contributed by atoms with Crippen molar-refractivity contribution in [3.63, 3.8) is 0 Å². The standard InChI is InChI=1S/C26H28ClN7O4/c1-29-25(36)22-19(28)21(35)26(38-22)34-14-33-20-23(31-13-32-24(20)34)30-12-16-11-17(27)7-8-18(16)37-10-9-15-5-3-2-4-6-15/h2-8,11,13-14,19,21-22,26,35H,9-10,12,28H2,1H3,(H,29,36)(H,30,31,32)/t19-,21+,22-,26+/m0/s1. The van der Waals surface area contributed by atoms with Crippen molar-refractivity contribution in [1.82, 2.24) is 24.8 Å². The highest BCUT2D eigenvalue weighted by Gasteiger charge is 2.46. The Labute approximate surface area is 224 Å². The van der Waals surface area contributed by atoms with Gasteiger partial charge in [-0.3, -0.25) is 9.36 Å². The summed E-state index contributed by atoms with van der Waals surface area (Å²) in [5.74, 6) is 0.776. The fourth-order valence-electron chi connectivity index (χ4n) is 4.40. The number of aliphatic hydroxyl groups is 1. The molecule has 4 atom stereocenters. The Kier molecular flexibility index (Phi) is 7.70. The van der Waals surface area contributed by atoms with Crippen molar-refractivity contribution in [2.45, 2.75) is 37.4 Å². The average Bonchev–Trinajstić information content (AvgIpc) is 3.49. The molecule has 0 spiro atoms. The number of aliphatic hydroxyl groups excluding tert-OH is 1. The van der Waals surface area contributed by atoms with Gasteiger partial charge in [-0.05, 0) is 23.8 Å². The van der Waals surface area contributed by atoms with Crippen molar-refractivity contribution < 1.29 is 19.4 Å². The maximum Gasteiger partial charge on any atom is 0.250 e. The second-order valence-corrected chi connectivity index (χ2v) is 9.30. The van der Waals surface area contributed by atoms with Crippen molar-refractivity contribution in [1.29, 1.82) is 0 Å². The Hall–Kier alpha value is -3.77. The number of nitrogens with one attached hydrogen (secondary N) is 2. The van der Waals surface area contributed by atoms with E-state index in [0.717, 1.165) is 12.0 Å². The molecule has 0 unspecified atom stereocenters. The number of nitrogens with two attached hydrogens (primary N) is 1. The number of carbonyl (C=O) groups excluding carboxylic acids is 1. The minimum absolute atomic E-state index is 0.367. The van der Waals surface area contributed by atoms with E-state index < -0.39 is 30.4 Å². The van der Waals surface area contributed by atoms with E-state index in [1.165, 1.54) is 25.3 Å². The van der Waals surface area contributed by atoms with E-state index in [4.69, 9.17) is 26.8 Å². The molecule has 11 nitrogen and oxygen atoms in total. The topological polar surface area (TPSA) is 149 Å². The first-order valence-electron chi connectivity index (χ1n) is 12.1. The quantitative estimate of drug-likeness (QED) is 0.251. The Balaban J connectivity index is 1.32. The molecular formula is C26H28ClN7O4. The lowest BCUT2D eigenvalue weighted by Crippen LogP contribution is -2.46. The minimum atomic E-state index is -1.14. The van der Waals surface area contributed by atoms with Gasteiger partial charge in [0.1, 0.15) is 18.2 Å². The third-order valence-corrected chi connectivity index (χ3v) is 6.65. The first kappa shape index (κ1) is 25.9. The molecule has 1 fully saturated rings. The van der Waals surface area contributed by atoms with Crippen LogP contribution in [0.3, 0.4) is 0 Å². The smallest absolute Gasteiger partial charge is 0.250 e. The van der Waals surface area contributed by atoms with E-state index >= 15 is 0 Å². The highest BCUT2D eigenvalue weighted by molar-refractivity contribution is 6.30. The number of ether oxygens (including phenoxy) is 2. The molecule has 1 saturated heterocycles. The fraction of sp³-hybridized carbons (Fsp3) is 0.308. The molecule has 0 saturated carbocycles. The Morgan fingerprint density at radius 2 is 2.03 bits per heavy atom. The number of carbonyl (C=O) groups is 1. The molecule has 12 heteroatoms. The van der Waals surface area contributed by atoms with E-state index in [1.54, 1.807) is 10.6 Å². The Morgan fingerprint density at radius 1 is 1.21 bits per heavy atom. The molecule has 2 aromatic heterocycles. The Bertz CT molecular complexity index is 1420. The van der Waals surface area contributed by atoms with Crippen LogP contribution in [0, 0.1) is 0 Å². The lowest BCUT2D eigenvalue weighted by Gasteiger charge is -2.17. The zero-order valence-electron chi connectivity index (χ0n) is 20.6. The average molecular weight is 538 g/mol. The minimum Gasteiger partial charge on any atom is -0.493 e. The molecule has 1 aliphatic rings. The molecule has 4 aromatic rings. The van der Waals surface area contributed by atoms with Gasteiger partial charge >= 0.3 is 0 Å². The number of hydrogen-bond acceptors (Lipinski definition) is 9. The Morgan fingerprint density at radius 3 is 2.82 bits per heavy atom. The molecule has 5 N–H and O–H groups in total. The maximum absolute atomic E-state index is 12.1. The van der Waals surface area contributed by atoms with Crippen LogP contribution in [0.4, 0.5) is 5.82 Å². The summed E-state index contributed by atoms with van der Waals surface area (Å²) >= 11 is 6.27. The largest absolute Gasteiger partial charge is 0.493 e. The summed E-state index contributed by atoms with van der Waals surface area (Å²) < 4.78 is 13.4. The lowest BCUT2D eigenvalue weighted by molar-refractivity contribution is -0.134.